The van der Waals surface area contributed by atoms with Crippen LogP contribution in [0.2, 0.25) is 5.02 Å². The van der Waals surface area contributed by atoms with Gasteiger partial charge in [-0.25, -0.2) is 9.97 Å². The molecule has 2 heterocycles. The third-order valence-corrected chi connectivity index (χ3v) is 4.17. The Balaban J connectivity index is 2.05. The number of imidazole rings is 1. The number of hydrogen-bond donors (Lipinski definition) is 1. The molecule has 0 spiro atoms. The van der Waals surface area contributed by atoms with Crippen LogP contribution in [-0.2, 0) is 13.2 Å². The van der Waals surface area contributed by atoms with Crippen molar-refractivity contribution in [3.63, 3.8) is 0 Å². The monoisotopic (exact) mass is 365 g/mol. The molecule has 3 aromatic rings. The summed E-state index contributed by atoms with van der Waals surface area (Å²) in [6, 6.07) is 9.40. The molecule has 1 N–H and O–H groups in total. The molecule has 0 unspecified atom stereocenters. The largest absolute Gasteiger partial charge is 0.392 e. The highest BCUT2D eigenvalue weighted by Crippen LogP contribution is 2.23. The Morgan fingerprint density at radius 1 is 1.24 bits per heavy atom. The van der Waals surface area contributed by atoms with Crippen molar-refractivity contribution < 1.29 is 5.11 Å². The lowest BCUT2D eigenvalue weighted by molar-refractivity contribution is 0.282. The highest BCUT2D eigenvalue weighted by molar-refractivity contribution is 9.10. The van der Waals surface area contributed by atoms with Gasteiger partial charge in [0.25, 0.3) is 0 Å². The van der Waals surface area contributed by atoms with E-state index in [1.807, 2.05) is 35.8 Å². The SMILES string of the molecule is Cc1nc2ccc(Br)nc2n1Cc1ccc(CO)cc1Cl. The molecular weight excluding hydrogens is 354 g/mol. The summed E-state index contributed by atoms with van der Waals surface area (Å²) in [5.41, 5.74) is 3.46. The zero-order valence-corrected chi connectivity index (χ0v) is 13.7. The number of halogens is 2. The van der Waals surface area contributed by atoms with Crippen molar-refractivity contribution in [3.8, 4) is 0 Å². The highest BCUT2D eigenvalue weighted by Gasteiger charge is 2.11. The number of aliphatic hydroxyl groups is 1. The summed E-state index contributed by atoms with van der Waals surface area (Å²) in [7, 11) is 0. The lowest BCUT2D eigenvalue weighted by Crippen LogP contribution is -2.04. The van der Waals surface area contributed by atoms with Crippen molar-refractivity contribution >= 4 is 38.7 Å². The van der Waals surface area contributed by atoms with Gasteiger partial charge in [0.2, 0.25) is 0 Å². The molecule has 6 heteroatoms. The van der Waals surface area contributed by atoms with Gasteiger partial charge in [0.05, 0.1) is 13.2 Å². The predicted molar refractivity (Wildman–Crippen MR) is 86.4 cm³/mol. The molecule has 0 atom stereocenters. The lowest BCUT2D eigenvalue weighted by atomic mass is 10.1. The molecular formula is C15H13BrClN3O. The second-order valence-corrected chi connectivity index (χ2v) is 6.03. The maximum absolute atomic E-state index is 9.14. The van der Waals surface area contributed by atoms with Gasteiger partial charge in [-0.05, 0) is 52.2 Å². The van der Waals surface area contributed by atoms with Crippen LogP contribution in [0.4, 0.5) is 0 Å². The van der Waals surface area contributed by atoms with Crippen LogP contribution in [0.5, 0.6) is 0 Å². The smallest absolute Gasteiger partial charge is 0.161 e. The average Bonchev–Trinajstić information content (AvgIpc) is 2.77. The molecule has 0 aliphatic carbocycles. The van der Waals surface area contributed by atoms with Crippen molar-refractivity contribution in [1.82, 2.24) is 14.5 Å². The number of fused-ring (bicyclic) bond motifs is 1. The van der Waals surface area contributed by atoms with Gasteiger partial charge in [-0.3, -0.25) is 0 Å². The number of hydrogen-bond acceptors (Lipinski definition) is 3. The van der Waals surface area contributed by atoms with Crippen LogP contribution in [-0.4, -0.2) is 19.6 Å². The summed E-state index contributed by atoms with van der Waals surface area (Å²) in [6.45, 7) is 2.53. The minimum absolute atomic E-state index is 0.0124. The lowest BCUT2D eigenvalue weighted by Gasteiger charge is -2.09. The van der Waals surface area contributed by atoms with Crippen molar-refractivity contribution in [1.29, 1.82) is 0 Å². The molecule has 0 bridgehead atoms. The Morgan fingerprint density at radius 3 is 2.76 bits per heavy atom. The maximum atomic E-state index is 9.14. The Kier molecular flexibility index (Phi) is 3.97. The first kappa shape index (κ1) is 14.5. The van der Waals surface area contributed by atoms with Gasteiger partial charge >= 0.3 is 0 Å². The molecule has 108 valence electrons. The summed E-state index contributed by atoms with van der Waals surface area (Å²) in [4.78, 5) is 9.00. The number of nitrogens with zero attached hydrogens (tertiary/aromatic N) is 3. The van der Waals surface area contributed by atoms with Crippen molar-refractivity contribution in [2.45, 2.75) is 20.1 Å². The summed E-state index contributed by atoms with van der Waals surface area (Å²) >= 11 is 9.67. The van der Waals surface area contributed by atoms with E-state index in [1.165, 1.54) is 0 Å². The van der Waals surface area contributed by atoms with Crippen LogP contribution >= 0.6 is 27.5 Å². The zero-order valence-electron chi connectivity index (χ0n) is 11.3. The first-order valence-corrected chi connectivity index (χ1v) is 7.63. The molecule has 1 aromatic carbocycles. The van der Waals surface area contributed by atoms with E-state index in [0.717, 1.165) is 32.7 Å². The number of aliphatic hydroxyl groups excluding tert-OH is 1. The first-order chi connectivity index (χ1) is 10.1. The molecule has 0 amide bonds. The Labute approximate surface area is 135 Å². The first-order valence-electron chi connectivity index (χ1n) is 6.46. The van der Waals surface area contributed by atoms with Gasteiger partial charge in [-0.2, -0.15) is 0 Å². The van der Waals surface area contributed by atoms with E-state index in [2.05, 4.69) is 25.9 Å². The van der Waals surface area contributed by atoms with E-state index < -0.39 is 0 Å². The second kappa shape index (κ2) is 5.75. The molecule has 0 aliphatic heterocycles. The van der Waals surface area contributed by atoms with Gasteiger partial charge in [0, 0.05) is 5.02 Å². The number of pyridine rings is 1. The van der Waals surface area contributed by atoms with E-state index in [-0.39, 0.29) is 6.61 Å². The van der Waals surface area contributed by atoms with Gasteiger partial charge in [-0.1, -0.05) is 23.7 Å². The summed E-state index contributed by atoms with van der Waals surface area (Å²) < 4.78 is 2.80. The number of rotatable bonds is 3. The Morgan fingerprint density at radius 2 is 2.05 bits per heavy atom. The topological polar surface area (TPSA) is 50.9 Å². The Bertz CT molecular complexity index is 816. The molecule has 0 radical (unpaired) electrons. The van der Waals surface area contributed by atoms with Crippen molar-refractivity contribution in [2.24, 2.45) is 0 Å². The molecule has 0 saturated heterocycles. The summed E-state index contributed by atoms with van der Waals surface area (Å²) in [6.07, 6.45) is 0. The molecule has 0 saturated carbocycles. The molecule has 4 nitrogen and oxygen atoms in total. The van der Waals surface area contributed by atoms with E-state index >= 15 is 0 Å². The fourth-order valence-corrected chi connectivity index (χ4v) is 2.83. The van der Waals surface area contributed by atoms with E-state index in [4.69, 9.17) is 16.7 Å². The number of benzene rings is 1. The van der Waals surface area contributed by atoms with Crippen LogP contribution in [0.15, 0.2) is 34.9 Å². The van der Waals surface area contributed by atoms with E-state index in [0.29, 0.717) is 11.6 Å². The molecule has 0 fully saturated rings. The van der Waals surface area contributed by atoms with Crippen molar-refractivity contribution in [3.05, 3.63) is 56.9 Å². The third-order valence-electron chi connectivity index (χ3n) is 3.38. The average molecular weight is 367 g/mol. The predicted octanol–water partition coefficient (Wildman–Crippen LogP) is 3.70. The fraction of sp³-hybridized carbons (Fsp3) is 0.200. The van der Waals surface area contributed by atoms with Crippen LogP contribution in [0.3, 0.4) is 0 Å². The minimum Gasteiger partial charge on any atom is -0.392 e. The van der Waals surface area contributed by atoms with Gasteiger partial charge in [0.1, 0.15) is 15.9 Å². The second-order valence-electron chi connectivity index (χ2n) is 4.81. The molecule has 2 aromatic heterocycles. The number of aryl methyl sites for hydroxylation is 1. The highest BCUT2D eigenvalue weighted by atomic mass is 79.9. The van der Waals surface area contributed by atoms with Crippen molar-refractivity contribution in [2.75, 3.05) is 0 Å². The van der Waals surface area contributed by atoms with Gasteiger partial charge in [-0.15, -0.1) is 0 Å². The molecule has 0 aliphatic rings. The third kappa shape index (κ3) is 2.81. The van der Waals surface area contributed by atoms with Crippen LogP contribution in [0, 0.1) is 6.92 Å². The van der Waals surface area contributed by atoms with Gasteiger partial charge < -0.3 is 9.67 Å². The minimum atomic E-state index is -0.0124. The standard InChI is InChI=1S/C15H13BrClN3O/c1-9-18-13-4-5-14(16)19-15(13)20(9)7-11-3-2-10(8-21)6-12(11)17/h2-6,21H,7-8H2,1H3. The fourth-order valence-electron chi connectivity index (χ4n) is 2.27. The quantitative estimate of drug-likeness (QED) is 0.719. The molecule has 21 heavy (non-hydrogen) atoms. The van der Waals surface area contributed by atoms with E-state index in [9.17, 15) is 0 Å². The van der Waals surface area contributed by atoms with Gasteiger partial charge in [0.15, 0.2) is 5.65 Å². The Hall–Kier alpha value is -1.43. The van der Waals surface area contributed by atoms with E-state index in [1.54, 1.807) is 6.07 Å². The van der Waals surface area contributed by atoms with Crippen LogP contribution in [0.25, 0.3) is 11.2 Å². The van der Waals surface area contributed by atoms with Crippen LogP contribution < -0.4 is 0 Å². The molecule has 3 rings (SSSR count). The summed E-state index contributed by atoms with van der Waals surface area (Å²) in [5.74, 6) is 0.887. The zero-order chi connectivity index (χ0) is 15.0. The summed E-state index contributed by atoms with van der Waals surface area (Å²) in [5, 5.41) is 9.77. The normalized spacial score (nSPS) is 11.2. The number of aromatic nitrogens is 3. The maximum Gasteiger partial charge on any atom is 0.161 e. The van der Waals surface area contributed by atoms with Crippen LogP contribution in [0.1, 0.15) is 17.0 Å².